The maximum absolute atomic E-state index is 5.81. The van der Waals surface area contributed by atoms with Gasteiger partial charge in [0.05, 0.1) is 6.10 Å². The van der Waals surface area contributed by atoms with Crippen LogP contribution in [-0.4, -0.2) is 39.6 Å². The van der Waals surface area contributed by atoms with Gasteiger partial charge in [-0.25, -0.2) is 0 Å². The summed E-state index contributed by atoms with van der Waals surface area (Å²) in [4.78, 5) is 0. The first kappa shape index (κ1) is 15.8. The smallest absolute Gasteiger partial charge is 0.491 e. The first-order valence-electron chi connectivity index (χ1n) is 8.20. The van der Waals surface area contributed by atoms with Gasteiger partial charge in [0.15, 0.2) is 0 Å². The highest BCUT2D eigenvalue weighted by atomic mass is 16.6. The maximum atomic E-state index is 5.81. The van der Waals surface area contributed by atoms with Gasteiger partial charge >= 0.3 is 7.12 Å². The summed E-state index contributed by atoms with van der Waals surface area (Å²) in [6.07, 6.45) is 3.74. The average Bonchev–Trinajstić information content (AvgIpc) is 2.55. The van der Waals surface area contributed by atoms with Crippen LogP contribution in [-0.2, 0) is 14.0 Å². The van der Waals surface area contributed by atoms with E-state index in [1.165, 1.54) is 12.8 Å². The molecule has 0 bridgehead atoms. The second kappa shape index (κ2) is 7.03. The summed E-state index contributed by atoms with van der Waals surface area (Å²) >= 11 is 0. The van der Waals surface area contributed by atoms with Crippen molar-refractivity contribution in [1.82, 2.24) is 0 Å². The third-order valence-corrected chi connectivity index (χ3v) is 4.11. The van der Waals surface area contributed by atoms with E-state index in [9.17, 15) is 0 Å². The molecule has 2 aliphatic rings. The van der Waals surface area contributed by atoms with Gasteiger partial charge in [-0.1, -0.05) is 26.0 Å². The molecule has 0 radical (unpaired) electrons. The predicted octanol–water partition coefficient (Wildman–Crippen LogP) is 2.40. The van der Waals surface area contributed by atoms with Crippen molar-refractivity contribution < 1.29 is 18.8 Å². The topological polar surface area (TPSA) is 36.9 Å². The van der Waals surface area contributed by atoms with Gasteiger partial charge in [-0.05, 0) is 36.9 Å². The highest BCUT2D eigenvalue weighted by Crippen LogP contribution is 2.22. The average molecular weight is 304 g/mol. The fourth-order valence-electron chi connectivity index (χ4n) is 2.73. The fourth-order valence-corrected chi connectivity index (χ4v) is 2.73. The van der Waals surface area contributed by atoms with E-state index in [1.54, 1.807) is 0 Å². The van der Waals surface area contributed by atoms with Crippen molar-refractivity contribution in [2.75, 3.05) is 26.4 Å². The van der Waals surface area contributed by atoms with Crippen LogP contribution in [0.4, 0.5) is 0 Å². The molecule has 3 rings (SSSR count). The maximum Gasteiger partial charge on any atom is 0.493 e. The first-order valence-corrected chi connectivity index (χ1v) is 8.20. The van der Waals surface area contributed by atoms with Gasteiger partial charge in [-0.2, -0.15) is 0 Å². The molecule has 0 saturated carbocycles. The number of rotatable bonds is 4. The largest absolute Gasteiger partial charge is 0.493 e. The predicted molar refractivity (Wildman–Crippen MR) is 86.6 cm³/mol. The van der Waals surface area contributed by atoms with Crippen LogP contribution < -0.4 is 10.2 Å². The Labute approximate surface area is 133 Å². The van der Waals surface area contributed by atoms with Crippen LogP contribution in [0.3, 0.4) is 0 Å². The minimum absolute atomic E-state index is 0.0968. The van der Waals surface area contributed by atoms with Crippen LogP contribution in [0.1, 0.15) is 33.1 Å². The lowest BCUT2D eigenvalue weighted by Crippen LogP contribution is -2.47. The van der Waals surface area contributed by atoms with Gasteiger partial charge in [-0.15, -0.1) is 0 Å². The molecule has 2 fully saturated rings. The number of benzene rings is 1. The molecule has 2 saturated heterocycles. The Kier molecular flexibility index (Phi) is 5.06. The van der Waals surface area contributed by atoms with Crippen molar-refractivity contribution in [1.29, 1.82) is 0 Å². The lowest BCUT2D eigenvalue weighted by Gasteiger charge is -2.33. The minimum Gasteiger partial charge on any atom is -0.491 e. The standard InChI is InChI=1S/C17H25BO4/c1-17(2)12-21-18(22-13-17)14-6-8-15(9-7-14)20-11-16-5-3-4-10-19-16/h6-9,16H,3-5,10-13H2,1-2H3. The molecule has 0 N–H and O–H groups in total. The zero-order valence-electron chi connectivity index (χ0n) is 13.5. The molecule has 120 valence electrons. The number of hydrogen-bond donors (Lipinski definition) is 0. The van der Waals surface area contributed by atoms with Crippen molar-refractivity contribution >= 4 is 12.6 Å². The van der Waals surface area contributed by atoms with Crippen LogP contribution in [0.15, 0.2) is 24.3 Å². The molecule has 22 heavy (non-hydrogen) atoms. The van der Waals surface area contributed by atoms with Gasteiger partial charge in [0.1, 0.15) is 12.4 Å². The van der Waals surface area contributed by atoms with Crippen LogP contribution in [0, 0.1) is 5.41 Å². The summed E-state index contributed by atoms with van der Waals surface area (Å²) in [5, 5.41) is 0. The Morgan fingerprint density at radius 1 is 1.14 bits per heavy atom. The quantitative estimate of drug-likeness (QED) is 0.801. The molecule has 5 heteroatoms. The van der Waals surface area contributed by atoms with Crippen LogP contribution in [0.5, 0.6) is 5.75 Å². The van der Waals surface area contributed by atoms with Gasteiger partial charge in [0.2, 0.25) is 0 Å². The summed E-state index contributed by atoms with van der Waals surface area (Å²) in [6.45, 7) is 7.22. The van der Waals surface area contributed by atoms with Gasteiger partial charge < -0.3 is 18.8 Å². The van der Waals surface area contributed by atoms with Crippen molar-refractivity contribution in [3.05, 3.63) is 24.3 Å². The molecule has 4 nitrogen and oxygen atoms in total. The second-order valence-corrected chi connectivity index (χ2v) is 6.99. The molecule has 2 heterocycles. The van der Waals surface area contributed by atoms with E-state index in [-0.39, 0.29) is 18.6 Å². The Balaban J connectivity index is 1.49. The lowest BCUT2D eigenvalue weighted by molar-refractivity contribution is -0.0110. The fraction of sp³-hybridized carbons (Fsp3) is 0.647. The monoisotopic (exact) mass is 304 g/mol. The van der Waals surface area contributed by atoms with E-state index in [0.717, 1.165) is 37.5 Å². The third-order valence-electron chi connectivity index (χ3n) is 4.11. The third kappa shape index (κ3) is 4.25. The van der Waals surface area contributed by atoms with E-state index in [1.807, 2.05) is 24.3 Å². The molecule has 1 atom stereocenters. The summed E-state index contributed by atoms with van der Waals surface area (Å²) in [5.74, 6) is 0.870. The minimum atomic E-state index is -0.260. The zero-order chi connectivity index (χ0) is 15.4. The summed E-state index contributed by atoms with van der Waals surface area (Å²) in [6, 6.07) is 7.98. The molecular weight excluding hydrogens is 279 g/mol. The molecule has 1 aromatic carbocycles. The van der Waals surface area contributed by atoms with E-state index >= 15 is 0 Å². The normalized spacial score (nSPS) is 25.0. The van der Waals surface area contributed by atoms with Crippen LogP contribution in [0.25, 0.3) is 0 Å². The van der Waals surface area contributed by atoms with Crippen LogP contribution in [0.2, 0.25) is 0 Å². The molecule has 2 aliphatic heterocycles. The van der Waals surface area contributed by atoms with Crippen molar-refractivity contribution in [2.45, 2.75) is 39.2 Å². The lowest BCUT2D eigenvalue weighted by atomic mass is 9.76. The summed E-state index contributed by atoms with van der Waals surface area (Å²) < 4.78 is 23.1. The van der Waals surface area contributed by atoms with Crippen molar-refractivity contribution in [2.24, 2.45) is 5.41 Å². The Hall–Kier alpha value is -1.04. The number of hydrogen-bond acceptors (Lipinski definition) is 4. The number of ether oxygens (including phenoxy) is 2. The molecule has 0 aliphatic carbocycles. The molecule has 0 spiro atoms. The first-order chi connectivity index (χ1) is 10.6. The Morgan fingerprint density at radius 2 is 1.86 bits per heavy atom. The van der Waals surface area contributed by atoms with E-state index in [2.05, 4.69) is 13.8 Å². The SMILES string of the molecule is CC1(C)COB(c2ccc(OCC3CCCCO3)cc2)OC1. The van der Waals surface area contributed by atoms with Gasteiger partial charge in [-0.3, -0.25) is 0 Å². The van der Waals surface area contributed by atoms with Gasteiger partial charge in [0, 0.05) is 25.2 Å². The van der Waals surface area contributed by atoms with Crippen molar-refractivity contribution in [3.8, 4) is 5.75 Å². The highest BCUT2D eigenvalue weighted by Gasteiger charge is 2.33. The molecule has 0 aromatic heterocycles. The van der Waals surface area contributed by atoms with E-state index < -0.39 is 0 Å². The molecule has 0 amide bonds. The highest BCUT2D eigenvalue weighted by molar-refractivity contribution is 6.61. The van der Waals surface area contributed by atoms with E-state index in [0.29, 0.717) is 6.61 Å². The zero-order valence-corrected chi connectivity index (χ0v) is 13.5. The summed E-state index contributed by atoms with van der Waals surface area (Å²) in [7, 11) is -0.260. The van der Waals surface area contributed by atoms with Crippen molar-refractivity contribution in [3.63, 3.8) is 0 Å². The van der Waals surface area contributed by atoms with E-state index in [4.69, 9.17) is 18.8 Å². The van der Waals surface area contributed by atoms with Crippen LogP contribution >= 0.6 is 0 Å². The van der Waals surface area contributed by atoms with Gasteiger partial charge in [0.25, 0.3) is 0 Å². The second-order valence-electron chi connectivity index (χ2n) is 6.99. The molecule has 1 aromatic rings. The Bertz CT molecular complexity index is 458. The Morgan fingerprint density at radius 3 is 2.50 bits per heavy atom. The summed E-state index contributed by atoms with van der Waals surface area (Å²) in [5.41, 5.74) is 1.14. The molecular formula is C17H25BO4. The molecule has 1 unspecified atom stereocenters.